The summed E-state index contributed by atoms with van der Waals surface area (Å²) < 4.78 is 5.38. The van der Waals surface area contributed by atoms with Gasteiger partial charge in [0.15, 0.2) is 0 Å². The molecule has 0 radical (unpaired) electrons. The first kappa shape index (κ1) is 11.3. The number of methoxy groups -OCH3 is 1. The molecule has 0 saturated heterocycles. The second kappa shape index (κ2) is 4.84. The number of pyridine rings is 1. The molecule has 1 N–H and O–H groups in total. The topological polar surface area (TPSA) is 34.1 Å². The normalized spacial score (nSPS) is 16.1. The van der Waals surface area contributed by atoms with Gasteiger partial charge in [0.05, 0.1) is 7.11 Å². The van der Waals surface area contributed by atoms with E-state index in [-0.39, 0.29) is 0 Å². The summed E-state index contributed by atoms with van der Waals surface area (Å²) in [4.78, 5) is 4.19. The highest BCUT2D eigenvalue weighted by Crippen LogP contribution is 2.32. The zero-order valence-electron chi connectivity index (χ0n) is 10.6. The van der Waals surface area contributed by atoms with E-state index in [0.717, 1.165) is 11.1 Å². The highest BCUT2D eigenvalue weighted by molar-refractivity contribution is 5.97. The van der Waals surface area contributed by atoms with Crippen molar-refractivity contribution in [2.45, 2.75) is 31.7 Å². The Morgan fingerprint density at radius 2 is 2.00 bits per heavy atom. The molecule has 2 aromatic rings. The number of aromatic nitrogens is 1. The first-order chi connectivity index (χ1) is 8.88. The maximum absolute atomic E-state index is 5.38. The van der Waals surface area contributed by atoms with Gasteiger partial charge in [0.2, 0.25) is 0 Å². The predicted molar refractivity (Wildman–Crippen MR) is 74.2 cm³/mol. The SMILES string of the molecule is COc1ccc(NC2CCCC2)c2ccncc12. The average Bonchev–Trinajstić information content (AvgIpc) is 2.92. The molecule has 0 bridgehead atoms. The molecule has 3 rings (SSSR count). The van der Waals surface area contributed by atoms with E-state index in [1.807, 2.05) is 18.5 Å². The van der Waals surface area contributed by atoms with E-state index in [0.29, 0.717) is 6.04 Å². The van der Waals surface area contributed by atoms with Crippen LogP contribution in [0.1, 0.15) is 25.7 Å². The summed E-state index contributed by atoms with van der Waals surface area (Å²) in [6.45, 7) is 0. The van der Waals surface area contributed by atoms with Crippen molar-refractivity contribution in [1.82, 2.24) is 4.98 Å². The number of hydrogen-bond acceptors (Lipinski definition) is 3. The van der Waals surface area contributed by atoms with Gasteiger partial charge in [-0.25, -0.2) is 0 Å². The first-order valence-corrected chi connectivity index (χ1v) is 6.56. The zero-order chi connectivity index (χ0) is 12.4. The lowest BCUT2D eigenvalue weighted by Crippen LogP contribution is -2.14. The summed E-state index contributed by atoms with van der Waals surface area (Å²) in [7, 11) is 1.70. The van der Waals surface area contributed by atoms with Gasteiger partial charge in [-0.05, 0) is 31.0 Å². The Morgan fingerprint density at radius 3 is 2.78 bits per heavy atom. The molecular weight excluding hydrogens is 224 g/mol. The van der Waals surface area contributed by atoms with E-state index in [1.165, 1.54) is 36.8 Å². The summed E-state index contributed by atoms with van der Waals surface area (Å²) in [6.07, 6.45) is 8.94. The number of anilines is 1. The second-order valence-electron chi connectivity index (χ2n) is 4.86. The highest BCUT2D eigenvalue weighted by Gasteiger charge is 2.16. The van der Waals surface area contributed by atoms with E-state index in [4.69, 9.17) is 4.74 Å². The Labute approximate surface area is 107 Å². The minimum atomic E-state index is 0.620. The number of hydrogen-bond donors (Lipinski definition) is 1. The second-order valence-corrected chi connectivity index (χ2v) is 4.86. The van der Waals surface area contributed by atoms with Crippen molar-refractivity contribution in [3.63, 3.8) is 0 Å². The van der Waals surface area contributed by atoms with Crippen molar-refractivity contribution >= 4 is 16.5 Å². The van der Waals surface area contributed by atoms with Gasteiger partial charge in [0.1, 0.15) is 5.75 Å². The summed E-state index contributed by atoms with van der Waals surface area (Å²) in [5, 5.41) is 5.92. The average molecular weight is 242 g/mol. The van der Waals surface area contributed by atoms with Crippen molar-refractivity contribution in [3.8, 4) is 5.75 Å². The van der Waals surface area contributed by atoms with E-state index in [2.05, 4.69) is 22.4 Å². The van der Waals surface area contributed by atoms with Crippen LogP contribution in [0, 0.1) is 0 Å². The molecule has 1 aliphatic carbocycles. The third-order valence-electron chi connectivity index (χ3n) is 3.71. The van der Waals surface area contributed by atoms with Crippen LogP contribution in [-0.2, 0) is 0 Å². The van der Waals surface area contributed by atoms with Crippen molar-refractivity contribution < 1.29 is 4.74 Å². The third kappa shape index (κ3) is 2.01. The van der Waals surface area contributed by atoms with Gasteiger partial charge in [0, 0.05) is 34.9 Å². The van der Waals surface area contributed by atoms with E-state index in [9.17, 15) is 0 Å². The lowest BCUT2D eigenvalue weighted by Gasteiger charge is -2.16. The van der Waals surface area contributed by atoms with Crippen molar-refractivity contribution in [1.29, 1.82) is 0 Å². The van der Waals surface area contributed by atoms with Gasteiger partial charge in [-0.3, -0.25) is 4.98 Å². The van der Waals surface area contributed by atoms with Gasteiger partial charge < -0.3 is 10.1 Å². The predicted octanol–water partition coefficient (Wildman–Crippen LogP) is 3.60. The Morgan fingerprint density at radius 1 is 1.17 bits per heavy atom. The fraction of sp³-hybridized carbons (Fsp3) is 0.400. The van der Waals surface area contributed by atoms with Gasteiger partial charge in [0.25, 0.3) is 0 Å². The summed E-state index contributed by atoms with van der Waals surface area (Å²) in [5.74, 6) is 0.884. The number of nitrogens with one attached hydrogen (secondary N) is 1. The van der Waals surface area contributed by atoms with Crippen LogP contribution in [-0.4, -0.2) is 18.1 Å². The summed E-state index contributed by atoms with van der Waals surface area (Å²) >= 11 is 0. The molecule has 3 heteroatoms. The molecule has 1 fully saturated rings. The van der Waals surface area contributed by atoms with Gasteiger partial charge in [-0.15, -0.1) is 0 Å². The van der Waals surface area contributed by atoms with Crippen LogP contribution in [0.3, 0.4) is 0 Å². The molecule has 1 heterocycles. The van der Waals surface area contributed by atoms with Crippen LogP contribution in [0.5, 0.6) is 5.75 Å². The molecule has 3 nitrogen and oxygen atoms in total. The molecule has 94 valence electrons. The summed E-state index contributed by atoms with van der Waals surface area (Å²) in [5.41, 5.74) is 1.19. The molecule has 0 atom stereocenters. The maximum atomic E-state index is 5.38. The molecule has 0 spiro atoms. The molecule has 1 aliphatic rings. The largest absolute Gasteiger partial charge is 0.496 e. The van der Waals surface area contributed by atoms with Crippen LogP contribution in [0.2, 0.25) is 0 Å². The van der Waals surface area contributed by atoms with Gasteiger partial charge in [-0.2, -0.15) is 0 Å². The third-order valence-corrected chi connectivity index (χ3v) is 3.71. The number of benzene rings is 1. The fourth-order valence-corrected chi connectivity index (χ4v) is 2.76. The number of rotatable bonds is 3. The molecular formula is C15H18N2O. The van der Waals surface area contributed by atoms with Crippen molar-refractivity contribution in [3.05, 3.63) is 30.6 Å². The maximum Gasteiger partial charge on any atom is 0.128 e. The molecule has 1 aromatic heterocycles. The van der Waals surface area contributed by atoms with Crippen LogP contribution >= 0.6 is 0 Å². The smallest absolute Gasteiger partial charge is 0.128 e. The number of nitrogens with zero attached hydrogens (tertiary/aromatic N) is 1. The zero-order valence-corrected chi connectivity index (χ0v) is 10.6. The minimum absolute atomic E-state index is 0.620. The van der Waals surface area contributed by atoms with Crippen molar-refractivity contribution in [2.75, 3.05) is 12.4 Å². The highest BCUT2D eigenvalue weighted by atomic mass is 16.5. The van der Waals surface area contributed by atoms with E-state index >= 15 is 0 Å². The fourth-order valence-electron chi connectivity index (χ4n) is 2.76. The minimum Gasteiger partial charge on any atom is -0.496 e. The first-order valence-electron chi connectivity index (χ1n) is 6.56. The van der Waals surface area contributed by atoms with Crippen LogP contribution in [0.4, 0.5) is 5.69 Å². The molecule has 1 saturated carbocycles. The van der Waals surface area contributed by atoms with E-state index < -0.39 is 0 Å². The quantitative estimate of drug-likeness (QED) is 0.893. The Hall–Kier alpha value is -1.77. The van der Waals surface area contributed by atoms with Crippen LogP contribution in [0.25, 0.3) is 10.8 Å². The monoisotopic (exact) mass is 242 g/mol. The Balaban J connectivity index is 2.01. The van der Waals surface area contributed by atoms with Crippen molar-refractivity contribution in [2.24, 2.45) is 0 Å². The van der Waals surface area contributed by atoms with Gasteiger partial charge in [-0.1, -0.05) is 12.8 Å². The molecule has 0 amide bonds. The number of ether oxygens (including phenoxy) is 1. The molecule has 18 heavy (non-hydrogen) atoms. The van der Waals surface area contributed by atoms with E-state index in [1.54, 1.807) is 7.11 Å². The Kier molecular flexibility index (Phi) is 3.05. The summed E-state index contributed by atoms with van der Waals surface area (Å²) in [6, 6.07) is 6.80. The lowest BCUT2D eigenvalue weighted by atomic mass is 10.1. The molecule has 0 aliphatic heterocycles. The molecule has 0 unspecified atom stereocenters. The number of fused-ring (bicyclic) bond motifs is 1. The Bertz CT molecular complexity index is 547. The standard InChI is InChI=1S/C15H18N2O/c1-18-15-7-6-14(17-11-4-2-3-5-11)12-8-9-16-10-13(12)15/h6-11,17H,2-5H2,1H3. The van der Waals surface area contributed by atoms with Crippen LogP contribution in [0.15, 0.2) is 30.6 Å². The molecule has 1 aromatic carbocycles. The van der Waals surface area contributed by atoms with Crippen LogP contribution < -0.4 is 10.1 Å². The lowest BCUT2D eigenvalue weighted by molar-refractivity contribution is 0.420. The van der Waals surface area contributed by atoms with Gasteiger partial charge >= 0.3 is 0 Å².